The maximum Gasteiger partial charge on any atom is 0.417 e. The van der Waals surface area contributed by atoms with Crippen LogP contribution in [0, 0.1) is 5.82 Å². The summed E-state index contributed by atoms with van der Waals surface area (Å²) >= 11 is 3.22. The molecule has 0 spiro atoms. The second kappa shape index (κ2) is 4.88. The maximum absolute atomic E-state index is 13.8. The van der Waals surface area contributed by atoms with Crippen molar-refractivity contribution in [2.45, 2.75) is 6.10 Å². The highest BCUT2D eigenvalue weighted by atomic mass is 79.9. The van der Waals surface area contributed by atoms with Gasteiger partial charge in [-0.3, -0.25) is 4.98 Å². The van der Waals surface area contributed by atoms with Crippen LogP contribution >= 0.6 is 15.9 Å². The van der Waals surface area contributed by atoms with Gasteiger partial charge < -0.3 is 9.52 Å². The van der Waals surface area contributed by atoms with Gasteiger partial charge in [0.25, 0.3) is 0 Å². The first kappa shape index (κ1) is 13.1. The molecule has 2 aromatic carbocycles. The molecule has 2 N–H and O–H groups in total. The van der Waals surface area contributed by atoms with Crippen molar-refractivity contribution < 1.29 is 13.9 Å². The molecule has 0 aliphatic rings. The van der Waals surface area contributed by atoms with E-state index in [-0.39, 0.29) is 5.56 Å². The van der Waals surface area contributed by atoms with Gasteiger partial charge >= 0.3 is 5.76 Å². The molecule has 0 aliphatic carbocycles. The Balaban J connectivity index is 2.12. The molecule has 0 bridgehead atoms. The molecule has 1 unspecified atom stereocenters. The number of halogens is 2. The maximum atomic E-state index is 13.8. The van der Waals surface area contributed by atoms with E-state index in [1.54, 1.807) is 24.3 Å². The molecule has 0 fully saturated rings. The van der Waals surface area contributed by atoms with Crippen LogP contribution in [0.15, 0.2) is 50.1 Å². The van der Waals surface area contributed by atoms with Crippen LogP contribution in [0.4, 0.5) is 4.39 Å². The zero-order valence-corrected chi connectivity index (χ0v) is 11.6. The summed E-state index contributed by atoms with van der Waals surface area (Å²) in [5.41, 5.74) is 1.42. The third-order valence-electron chi connectivity index (χ3n) is 3.03. The van der Waals surface area contributed by atoms with Crippen molar-refractivity contribution in [1.29, 1.82) is 0 Å². The summed E-state index contributed by atoms with van der Waals surface area (Å²) in [6, 6.07) is 9.19. The molecule has 20 heavy (non-hydrogen) atoms. The molecule has 6 heteroatoms. The molecule has 1 atom stereocenters. The van der Waals surface area contributed by atoms with Crippen molar-refractivity contribution in [2.75, 3.05) is 0 Å². The van der Waals surface area contributed by atoms with Gasteiger partial charge in [-0.15, -0.1) is 0 Å². The number of nitrogens with one attached hydrogen (secondary N) is 1. The summed E-state index contributed by atoms with van der Waals surface area (Å²) < 4.78 is 19.2. The van der Waals surface area contributed by atoms with Crippen LogP contribution in [0.1, 0.15) is 17.2 Å². The largest absolute Gasteiger partial charge is 0.417 e. The number of benzene rings is 2. The van der Waals surface area contributed by atoms with E-state index in [1.807, 2.05) is 0 Å². The standard InChI is InChI=1S/C14H9BrFNO3/c15-8-2-1-3-9(16)12(8)13(18)7-4-5-10-11(6-7)20-14(19)17-10/h1-6,13,18H,(H,17,19). The van der Waals surface area contributed by atoms with Gasteiger partial charge in [0, 0.05) is 10.0 Å². The van der Waals surface area contributed by atoms with Crippen LogP contribution in [-0.4, -0.2) is 10.1 Å². The minimum atomic E-state index is -1.16. The summed E-state index contributed by atoms with van der Waals surface area (Å²) in [6.07, 6.45) is -1.16. The van der Waals surface area contributed by atoms with Crippen molar-refractivity contribution in [2.24, 2.45) is 0 Å². The lowest BCUT2D eigenvalue weighted by atomic mass is 10.0. The average molecular weight is 338 g/mol. The molecule has 1 heterocycles. The molecular formula is C14H9BrFNO3. The summed E-state index contributed by atoms with van der Waals surface area (Å²) in [4.78, 5) is 13.6. The van der Waals surface area contributed by atoms with Gasteiger partial charge in [-0.25, -0.2) is 9.18 Å². The highest BCUT2D eigenvalue weighted by Gasteiger charge is 2.19. The van der Waals surface area contributed by atoms with Crippen molar-refractivity contribution in [3.63, 3.8) is 0 Å². The van der Waals surface area contributed by atoms with Crippen molar-refractivity contribution in [3.05, 3.63) is 68.4 Å². The molecule has 102 valence electrons. The van der Waals surface area contributed by atoms with E-state index >= 15 is 0 Å². The minimum Gasteiger partial charge on any atom is -0.408 e. The normalized spacial score (nSPS) is 12.8. The second-order valence-electron chi connectivity index (χ2n) is 4.31. The number of aliphatic hydroxyl groups excluding tert-OH is 1. The lowest BCUT2D eigenvalue weighted by Crippen LogP contribution is -2.03. The Morgan fingerprint density at radius 2 is 2.10 bits per heavy atom. The van der Waals surface area contributed by atoms with Crippen LogP contribution < -0.4 is 5.76 Å². The third-order valence-corrected chi connectivity index (χ3v) is 3.73. The number of H-pyrrole nitrogens is 1. The fourth-order valence-electron chi connectivity index (χ4n) is 2.07. The zero-order valence-electron chi connectivity index (χ0n) is 10.1. The monoisotopic (exact) mass is 337 g/mol. The number of aliphatic hydroxyl groups is 1. The Labute approximate surface area is 121 Å². The number of aromatic nitrogens is 1. The van der Waals surface area contributed by atoms with Crippen LogP contribution in [0.2, 0.25) is 0 Å². The number of aromatic amines is 1. The predicted molar refractivity (Wildman–Crippen MR) is 75.0 cm³/mol. The molecular weight excluding hydrogens is 329 g/mol. The number of rotatable bonds is 2. The Morgan fingerprint density at radius 1 is 1.30 bits per heavy atom. The highest BCUT2D eigenvalue weighted by Crippen LogP contribution is 2.31. The van der Waals surface area contributed by atoms with E-state index in [0.717, 1.165) is 0 Å². The van der Waals surface area contributed by atoms with E-state index in [0.29, 0.717) is 21.1 Å². The van der Waals surface area contributed by atoms with Gasteiger partial charge in [0.05, 0.1) is 5.52 Å². The molecule has 0 radical (unpaired) electrons. The molecule has 0 saturated heterocycles. The summed E-state index contributed by atoms with van der Waals surface area (Å²) in [5.74, 6) is -1.08. The Bertz CT molecular complexity index is 820. The Morgan fingerprint density at radius 3 is 2.85 bits per heavy atom. The van der Waals surface area contributed by atoms with E-state index < -0.39 is 17.7 Å². The van der Waals surface area contributed by atoms with E-state index in [2.05, 4.69) is 20.9 Å². The van der Waals surface area contributed by atoms with Crippen LogP contribution in [0.25, 0.3) is 11.1 Å². The van der Waals surface area contributed by atoms with Gasteiger partial charge in [-0.2, -0.15) is 0 Å². The zero-order chi connectivity index (χ0) is 14.3. The number of hydrogen-bond acceptors (Lipinski definition) is 3. The Hall–Kier alpha value is -1.92. The van der Waals surface area contributed by atoms with Crippen LogP contribution in [0.5, 0.6) is 0 Å². The summed E-state index contributed by atoms with van der Waals surface area (Å²) in [6.45, 7) is 0. The molecule has 3 aromatic rings. The topological polar surface area (TPSA) is 66.2 Å². The molecule has 0 saturated carbocycles. The molecule has 3 rings (SSSR count). The highest BCUT2D eigenvalue weighted by molar-refractivity contribution is 9.10. The second-order valence-corrected chi connectivity index (χ2v) is 5.16. The Kier molecular flexibility index (Phi) is 3.19. The van der Waals surface area contributed by atoms with E-state index in [9.17, 15) is 14.3 Å². The van der Waals surface area contributed by atoms with Gasteiger partial charge in [0.15, 0.2) is 5.58 Å². The lowest BCUT2D eigenvalue weighted by molar-refractivity contribution is 0.214. The van der Waals surface area contributed by atoms with Crippen molar-refractivity contribution >= 4 is 27.0 Å². The SMILES string of the molecule is O=c1[nH]c2ccc(C(O)c3c(F)cccc3Br)cc2o1. The number of hydrogen-bond donors (Lipinski definition) is 2. The quantitative estimate of drug-likeness (QED) is 0.755. The van der Waals surface area contributed by atoms with Gasteiger partial charge in [-0.1, -0.05) is 28.1 Å². The van der Waals surface area contributed by atoms with E-state index in [4.69, 9.17) is 4.42 Å². The van der Waals surface area contributed by atoms with Crippen LogP contribution in [0.3, 0.4) is 0 Å². The van der Waals surface area contributed by atoms with Crippen LogP contribution in [-0.2, 0) is 0 Å². The first-order chi connectivity index (χ1) is 9.56. The molecule has 0 amide bonds. The average Bonchev–Trinajstić information content (AvgIpc) is 2.77. The first-order valence-corrected chi connectivity index (χ1v) is 6.60. The fraction of sp³-hybridized carbons (Fsp3) is 0.0714. The third kappa shape index (κ3) is 2.17. The van der Waals surface area contributed by atoms with Crippen molar-refractivity contribution in [1.82, 2.24) is 4.98 Å². The molecule has 4 nitrogen and oxygen atoms in total. The number of fused-ring (bicyclic) bond motifs is 1. The van der Waals surface area contributed by atoms with Gasteiger partial charge in [0.2, 0.25) is 0 Å². The predicted octanol–water partition coefficient (Wildman–Crippen LogP) is 3.10. The first-order valence-electron chi connectivity index (χ1n) is 5.81. The minimum absolute atomic E-state index is 0.143. The van der Waals surface area contributed by atoms with E-state index in [1.165, 1.54) is 12.1 Å². The summed E-state index contributed by atoms with van der Waals surface area (Å²) in [7, 11) is 0. The smallest absolute Gasteiger partial charge is 0.408 e. The molecule has 1 aromatic heterocycles. The van der Waals surface area contributed by atoms with Gasteiger partial charge in [-0.05, 0) is 29.8 Å². The number of oxazole rings is 1. The molecule has 0 aliphatic heterocycles. The van der Waals surface area contributed by atoms with Crippen molar-refractivity contribution in [3.8, 4) is 0 Å². The summed E-state index contributed by atoms with van der Waals surface area (Å²) in [5, 5.41) is 10.3. The van der Waals surface area contributed by atoms with Gasteiger partial charge in [0.1, 0.15) is 11.9 Å². The fourth-order valence-corrected chi connectivity index (χ4v) is 2.63. The lowest BCUT2D eigenvalue weighted by Gasteiger charge is -2.14.